The second-order valence-electron chi connectivity index (χ2n) is 11.0. The van der Waals surface area contributed by atoms with E-state index in [4.69, 9.17) is 4.98 Å². The van der Waals surface area contributed by atoms with Crippen LogP contribution in [0.2, 0.25) is 0 Å². The summed E-state index contributed by atoms with van der Waals surface area (Å²) in [5, 5.41) is 18.7. The van der Waals surface area contributed by atoms with Crippen LogP contribution in [0.3, 0.4) is 0 Å². The molecule has 0 saturated heterocycles. The van der Waals surface area contributed by atoms with E-state index >= 15 is 0 Å². The fourth-order valence-corrected chi connectivity index (χ4v) is 6.25. The molecule has 2 heterocycles. The Labute approximate surface area is 261 Å². The lowest BCUT2D eigenvalue weighted by Crippen LogP contribution is -2.27. The maximum absolute atomic E-state index is 13.3. The highest BCUT2D eigenvalue weighted by molar-refractivity contribution is 7.99. The first kappa shape index (κ1) is 29.3. The smallest absolute Gasteiger partial charge is 0.251 e. The molecule has 0 saturated carbocycles. The van der Waals surface area contributed by atoms with E-state index < -0.39 is 0 Å². The van der Waals surface area contributed by atoms with E-state index in [9.17, 15) is 4.79 Å². The molecule has 0 unspecified atom stereocenters. The van der Waals surface area contributed by atoms with Crippen LogP contribution < -0.4 is 5.32 Å². The molecule has 6 aromatic rings. The number of amides is 1. The second-order valence-corrected chi connectivity index (χ2v) is 12.1. The van der Waals surface area contributed by atoms with Crippen molar-refractivity contribution in [1.29, 1.82) is 0 Å². The van der Waals surface area contributed by atoms with E-state index in [1.807, 2.05) is 55.5 Å². The van der Waals surface area contributed by atoms with E-state index in [-0.39, 0.29) is 11.8 Å². The summed E-state index contributed by atoms with van der Waals surface area (Å²) in [7, 11) is 0. The van der Waals surface area contributed by atoms with E-state index in [0.29, 0.717) is 24.5 Å². The summed E-state index contributed by atoms with van der Waals surface area (Å²) in [6, 6.07) is 30.8. The van der Waals surface area contributed by atoms with Gasteiger partial charge in [0, 0.05) is 23.4 Å². The van der Waals surface area contributed by atoms with Gasteiger partial charge in [0.2, 0.25) is 5.82 Å². The summed E-state index contributed by atoms with van der Waals surface area (Å²) in [4.78, 5) is 18.4. The van der Waals surface area contributed by atoms with Crippen LogP contribution in [0.15, 0.2) is 96.2 Å². The molecule has 2 aromatic heterocycles. The van der Waals surface area contributed by atoms with Gasteiger partial charge >= 0.3 is 0 Å². The number of nitrogens with one attached hydrogen (secondary N) is 2. The van der Waals surface area contributed by atoms with Crippen molar-refractivity contribution >= 4 is 28.7 Å². The minimum atomic E-state index is -0.0714. The standard InChI is InChI=1S/C35H35N7OS/c1-4-18-44-35-37-32-23(2)19-28(34(43)36-21-24(3)26-10-6-5-7-11-26)20-31(32)42(35)22-25-14-16-27(17-15-25)29-12-8-9-13-30(29)33-38-40-41-39-33/h5-17,19-20,24H,4,18,21-22H2,1-3H3,(H,36,43)(H,38,39,40,41)/t24-/m1/s1. The molecule has 4 aromatic carbocycles. The first-order chi connectivity index (χ1) is 21.5. The second kappa shape index (κ2) is 13.3. The molecule has 9 heteroatoms. The van der Waals surface area contributed by atoms with Gasteiger partial charge in [0.1, 0.15) is 0 Å². The fourth-order valence-electron chi connectivity index (χ4n) is 5.38. The molecule has 0 radical (unpaired) electrons. The maximum Gasteiger partial charge on any atom is 0.251 e. The minimum Gasteiger partial charge on any atom is -0.351 e. The molecule has 0 aliphatic heterocycles. The predicted octanol–water partition coefficient (Wildman–Crippen LogP) is 7.28. The Morgan fingerprint density at radius 2 is 1.73 bits per heavy atom. The van der Waals surface area contributed by atoms with Crippen LogP contribution in [0.4, 0.5) is 0 Å². The third-order valence-corrected chi connectivity index (χ3v) is 8.95. The Balaban J connectivity index is 1.28. The number of nitrogens with zero attached hydrogens (tertiary/aromatic N) is 5. The normalized spacial score (nSPS) is 12.0. The van der Waals surface area contributed by atoms with Gasteiger partial charge in [-0.3, -0.25) is 4.79 Å². The number of aryl methyl sites for hydroxylation is 1. The van der Waals surface area contributed by atoms with Crippen LogP contribution in [-0.4, -0.2) is 48.4 Å². The number of benzene rings is 4. The largest absolute Gasteiger partial charge is 0.351 e. The third kappa shape index (κ3) is 6.28. The Hall–Kier alpha value is -4.76. The number of tetrazole rings is 1. The zero-order chi connectivity index (χ0) is 30.5. The summed E-state index contributed by atoms with van der Waals surface area (Å²) in [5.74, 6) is 1.68. The van der Waals surface area contributed by atoms with Crippen molar-refractivity contribution in [2.24, 2.45) is 0 Å². The third-order valence-electron chi connectivity index (χ3n) is 7.76. The van der Waals surface area contributed by atoms with E-state index in [0.717, 1.165) is 56.2 Å². The van der Waals surface area contributed by atoms with E-state index in [2.05, 4.69) is 86.8 Å². The van der Waals surface area contributed by atoms with Crippen molar-refractivity contribution in [2.75, 3.05) is 12.3 Å². The van der Waals surface area contributed by atoms with Gasteiger partial charge in [-0.25, -0.2) is 4.98 Å². The van der Waals surface area contributed by atoms with Gasteiger partial charge in [0.15, 0.2) is 5.16 Å². The number of hydrogen-bond acceptors (Lipinski definition) is 6. The van der Waals surface area contributed by atoms with Crippen molar-refractivity contribution in [1.82, 2.24) is 35.5 Å². The molecule has 0 bridgehead atoms. The molecule has 1 atom stereocenters. The molecule has 6 rings (SSSR count). The quantitative estimate of drug-likeness (QED) is 0.151. The number of thioether (sulfide) groups is 1. The first-order valence-electron chi connectivity index (χ1n) is 14.9. The number of aromatic amines is 1. The molecular weight excluding hydrogens is 567 g/mol. The average molecular weight is 602 g/mol. The molecule has 1 amide bonds. The Morgan fingerprint density at radius 3 is 2.45 bits per heavy atom. The molecule has 2 N–H and O–H groups in total. The van der Waals surface area contributed by atoms with Gasteiger partial charge in [-0.05, 0) is 64.4 Å². The minimum absolute atomic E-state index is 0.0714. The van der Waals surface area contributed by atoms with Crippen LogP contribution in [0.1, 0.15) is 53.2 Å². The number of carbonyl (C=O) groups excluding carboxylic acids is 1. The van der Waals surface area contributed by atoms with Crippen LogP contribution in [0, 0.1) is 6.92 Å². The van der Waals surface area contributed by atoms with Gasteiger partial charge in [0.25, 0.3) is 5.91 Å². The zero-order valence-corrected chi connectivity index (χ0v) is 25.9. The lowest BCUT2D eigenvalue weighted by molar-refractivity contribution is 0.0951. The monoisotopic (exact) mass is 601 g/mol. The zero-order valence-electron chi connectivity index (χ0n) is 25.1. The van der Waals surface area contributed by atoms with E-state index in [1.165, 1.54) is 5.56 Å². The van der Waals surface area contributed by atoms with Gasteiger partial charge in [-0.1, -0.05) is 104 Å². The van der Waals surface area contributed by atoms with Crippen molar-refractivity contribution < 1.29 is 4.79 Å². The Kier molecular flexibility index (Phi) is 8.84. The number of H-pyrrole nitrogens is 1. The summed E-state index contributed by atoms with van der Waals surface area (Å²) in [6.07, 6.45) is 1.05. The number of hydrogen-bond donors (Lipinski definition) is 2. The number of imidazole rings is 1. The number of rotatable bonds is 11. The molecule has 0 fully saturated rings. The highest BCUT2D eigenvalue weighted by atomic mass is 32.2. The first-order valence-corrected chi connectivity index (χ1v) is 15.9. The van der Waals surface area contributed by atoms with Crippen molar-refractivity contribution in [2.45, 2.75) is 44.8 Å². The molecule has 0 aliphatic rings. The lowest BCUT2D eigenvalue weighted by atomic mass is 9.98. The molecule has 0 spiro atoms. The highest BCUT2D eigenvalue weighted by Crippen LogP contribution is 2.32. The SMILES string of the molecule is CCCSc1nc2c(C)cc(C(=O)NC[C@@H](C)c3ccccc3)cc2n1Cc1ccc(-c2ccccc2-c2nn[nH]n2)cc1. The van der Waals surface area contributed by atoms with Gasteiger partial charge in [0.05, 0.1) is 17.6 Å². The lowest BCUT2D eigenvalue weighted by Gasteiger charge is -2.14. The predicted molar refractivity (Wildman–Crippen MR) is 177 cm³/mol. The van der Waals surface area contributed by atoms with Crippen molar-refractivity contribution in [3.63, 3.8) is 0 Å². The summed E-state index contributed by atoms with van der Waals surface area (Å²) < 4.78 is 2.24. The topological polar surface area (TPSA) is 101 Å². The summed E-state index contributed by atoms with van der Waals surface area (Å²) >= 11 is 1.76. The number of aromatic nitrogens is 6. The van der Waals surface area contributed by atoms with Crippen molar-refractivity contribution in [3.8, 4) is 22.5 Å². The number of carbonyl (C=O) groups is 1. The van der Waals surface area contributed by atoms with Gasteiger partial charge < -0.3 is 9.88 Å². The van der Waals surface area contributed by atoms with Gasteiger partial charge in [-0.2, -0.15) is 5.21 Å². The van der Waals surface area contributed by atoms with Crippen LogP contribution >= 0.6 is 11.8 Å². The fraction of sp³-hybridized carbons (Fsp3) is 0.229. The molecule has 0 aliphatic carbocycles. The molecular formula is C35H35N7OS. The van der Waals surface area contributed by atoms with Crippen LogP contribution in [-0.2, 0) is 6.54 Å². The maximum atomic E-state index is 13.3. The summed E-state index contributed by atoms with van der Waals surface area (Å²) in [6.45, 7) is 7.55. The number of fused-ring (bicyclic) bond motifs is 1. The highest BCUT2D eigenvalue weighted by Gasteiger charge is 2.18. The van der Waals surface area contributed by atoms with Crippen LogP contribution in [0.25, 0.3) is 33.5 Å². The van der Waals surface area contributed by atoms with Crippen LogP contribution in [0.5, 0.6) is 0 Å². The Bertz CT molecular complexity index is 1870. The molecule has 44 heavy (non-hydrogen) atoms. The Morgan fingerprint density at radius 1 is 0.977 bits per heavy atom. The molecule has 8 nitrogen and oxygen atoms in total. The van der Waals surface area contributed by atoms with E-state index in [1.54, 1.807) is 11.8 Å². The summed E-state index contributed by atoms with van der Waals surface area (Å²) in [5.41, 5.74) is 8.94. The van der Waals surface area contributed by atoms with Crippen molar-refractivity contribution in [3.05, 3.63) is 113 Å². The molecule has 222 valence electrons. The van der Waals surface area contributed by atoms with Gasteiger partial charge in [-0.15, -0.1) is 10.2 Å². The average Bonchev–Trinajstić information content (AvgIpc) is 3.72.